The highest BCUT2D eigenvalue weighted by atomic mass is 32.2. The molecule has 0 heterocycles. The molecule has 0 aromatic heterocycles. The van der Waals surface area contributed by atoms with Gasteiger partial charge in [-0.2, -0.15) is 0 Å². The van der Waals surface area contributed by atoms with Crippen molar-refractivity contribution in [1.29, 1.82) is 0 Å². The van der Waals surface area contributed by atoms with E-state index in [4.69, 9.17) is 17.0 Å². The van der Waals surface area contributed by atoms with E-state index in [1.165, 1.54) is 31.4 Å². The molecule has 9 heteroatoms. The number of sulfonamides is 1. The summed E-state index contributed by atoms with van der Waals surface area (Å²) in [5.74, 6) is 0.381. The summed E-state index contributed by atoms with van der Waals surface area (Å²) in [5, 5.41) is 5.63. The van der Waals surface area contributed by atoms with Gasteiger partial charge in [-0.05, 0) is 80.5 Å². The van der Waals surface area contributed by atoms with Crippen LogP contribution in [-0.2, 0) is 10.0 Å². The van der Waals surface area contributed by atoms with Crippen LogP contribution in [0.2, 0.25) is 0 Å². The van der Waals surface area contributed by atoms with Crippen LogP contribution in [0.3, 0.4) is 0 Å². The highest BCUT2D eigenvalue weighted by molar-refractivity contribution is 7.89. The molecule has 2 aromatic rings. The Balaban J connectivity index is 1.82. The van der Waals surface area contributed by atoms with Gasteiger partial charge in [0.05, 0.1) is 11.5 Å². The largest absolute Gasteiger partial charge is 0.494 e. The van der Waals surface area contributed by atoms with E-state index in [2.05, 4.69) is 22.3 Å². The van der Waals surface area contributed by atoms with Crippen molar-refractivity contribution in [3.63, 3.8) is 0 Å². The van der Waals surface area contributed by atoms with Gasteiger partial charge in [0.15, 0.2) is 5.11 Å². The lowest BCUT2D eigenvalue weighted by atomic mass is 10.2. The van der Waals surface area contributed by atoms with Gasteiger partial charge >= 0.3 is 0 Å². The van der Waals surface area contributed by atoms with Crippen LogP contribution in [-0.4, -0.2) is 32.1 Å². The summed E-state index contributed by atoms with van der Waals surface area (Å²) in [4.78, 5) is 12.6. The Morgan fingerprint density at radius 3 is 2.24 bits per heavy atom. The highest BCUT2D eigenvalue weighted by Gasteiger charge is 2.16. The number of ether oxygens (including phenoxy) is 1. The van der Waals surface area contributed by atoms with E-state index in [1.807, 2.05) is 13.8 Å². The van der Waals surface area contributed by atoms with Crippen LogP contribution in [0.15, 0.2) is 53.4 Å². The fraction of sp³-hybridized carbons (Fsp3) is 0.440. The zero-order valence-corrected chi connectivity index (χ0v) is 21.7. The van der Waals surface area contributed by atoms with Crippen LogP contribution in [0.4, 0.5) is 5.69 Å². The lowest BCUT2D eigenvalue weighted by Gasteiger charge is -2.13. The number of carbonyl (C=O) groups is 1. The van der Waals surface area contributed by atoms with Crippen molar-refractivity contribution < 1.29 is 17.9 Å². The SMILES string of the molecule is CCCCCCCOc1ccc(C(=O)NC(=S)Nc2ccc(S(=O)(=O)NC(C)CC)cc2)cc1. The maximum absolute atomic E-state index is 12.5. The second-order valence-corrected chi connectivity index (χ2v) is 10.3. The molecular formula is C25H35N3O4S2. The summed E-state index contributed by atoms with van der Waals surface area (Å²) in [7, 11) is -3.58. The molecule has 1 unspecified atom stereocenters. The second-order valence-electron chi connectivity index (χ2n) is 8.15. The van der Waals surface area contributed by atoms with Gasteiger partial charge in [-0.25, -0.2) is 13.1 Å². The minimum absolute atomic E-state index is 0.116. The van der Waals surface area contributed by atoms with E-state index in [9.17, 15) is 13.2 Å². The molecule has 0 aliphatic rings. The number of nitrogens with one attached hydrogen (secondary N) is 3. The summed E-state index contributed by atoms with van der Waals surface area (Å²) in [5.41, 5.74) is 1.02. The Kier molecular flexibility index (Phi) is 11.5. The average Bonchev–Trinajstić information content (AvgIpc) is 2.81. The average molecular weight is 506 g/mol. The zero-order valence-electron chi connectivity index (χ0n) is 20.1. The summed E-state index contributed by atoms with van der Waals surface area (Å²) in [6, 6.07) is 12.9. The molecule has 1 amide bonds. The Morgan fingerprint density at radius 1 is 0.971 bits per heavy atom. The summed E-state index contributed by atoms with van der Waals surface area (Å²) >= 11 is 5.22. The van der Waals surface area contributed by atoms with Crippen molar-refractivity contribution in [3.05, 3.63) is 54.1 Å². The topological polar surface area (TPSA) is 96.5 Å². The van der Waals surface area contributed by atoms with E-state index >= 15 is 0 Å². The Hall–Kier alpha value is -2.49. The van der Waals surface area contributed by atoms with Gasteiger partial charge in [0, 0.05) is 17.3 Å². The van der Waals surface area contributed by atoms with Crippen LogP contribution in [0.25, 0.3) is 0 Å². The van der Waals surface area contributed by atoms with E-state index in [1.54, 1.807) is 36.4 Å². The molecule has 0 fully saturated rings. The summed E-state index contributed by atoms with van der Waals surface area (Å²) in [6.45, 7) is 6.58. The van der Waals surface area contributed by atoms with Gasteiger partial charge in [0.1, 0.15) is 5.75 Å². The molecule has 0 aliphatic heterocycles. The predicted molar refractivity (Wildman–Crippen MR) is 141 cm³/mol. The first-order chi connectivity index (χ1) is 16.2. The minimum atomic E-state index is -3.58. The third-order valence-corrected chi connectivity index (χ3v) is 7.06. The number of thiocarbonyl (C=S) groups is 1. The monoisotopic (exact) mass is 505 g/mol. The third kappa shape index (κ3) is 9.40. The van der Waals surface area contributed by atoms with Crippen molar-refractivity contribution in [2.24, 2.45) is 0 Å². The lowest BCUT2D eigenvalue weighted by molar-refractivity contribution is 0.0977. The number of benzene rings is 2. The van der Waals surface area contributed by atoms with Crippen molar-refractivity contribution >= 4 is 38.9 Å². The Labute approximate surface area is 208 Å². The third-order valence-electron chi connectivity index (χ3n) is 5.25. The fourth-order valence-electron chi connectivity index (χ4n) is 3.07. The number of anilines is 1. The Bertz CT molecular complexity index is 1020. The number of unbranched alkanes of at least 4 members (excludes halogenated alkanes) is 4. The summed E-state index contributed by atoms with van der Waals surface area (Å²) in [6.07, 6.45) is 6.57. The molecule has 7 nitrogen and oxygen atoms in total. The van der Waals surface area contributed by atoms with Crippen molar-refractivity contribution in [1.82, 2.24) is 10.0 Å². The van der Waals surface area contributed by atoms with Crippen LogP contribution in [0, 0.1) is 0 Å². The molecule has 0 radical (unpaired) electrons. The molecule has 1 atom stereocenters. The first kappa shape index (κ1) is 27.8. The van der Waals surface area contributed by atoms with Crippen LogP contribution in [0.5, 0.6) is 5.75 Å². The number of hydrogen-bond donors (Lipinski definition) is 3. The van der Waals surface area contributed by atoms with E-state index in [-0.39, 0.29) is 22.0 Å². The van der Waals surface area contributed by atoms with Crippen LogP contribution in [0.1, 0.15) is 69.7 Å². The van der Waals surface area contributed by atoms with E-state index < -0.39 is 10.0 Å². The lowest BCUT2D eigenvalue weighted by Crippen LogP contribution is -2.34. The normalized spacial score (nSPS) is 12.1. The molecule has 34 heavy (non-hydrogen) atoms. The minimum Gasteiger partial charge on any atom is -0.494 e. The van der Waals surface area contributed by atoms with Crippen molar-refractivity contribution in [3.8, 4) is 5.75 Å². The van der Waals surface area contributed by atoms with Gasteiger partial charge in [0.2, 0.25) is 10.0 Å². The fourth-order valence-corrected chi connectivity index (χ4v) is 4.61. The molecule has 0 saturated carbocycles. The second kappa shape index (κ2) is 14.0. The van der Waals surface area contributed by atoms with Crippen LogP contribution < -0.4 is 20.1 Å². The quantitative estimate of drug-likeness (QED) is 0.254. The number of carbonyl (C=O) groups excluding carboxylic acids is 1. The van der Waals surface area contributed by atoms with Gasteiger partial charge in [0.25, 0.3) is 5.91 Å². The molecular weight excluding hydrogens is 470 g/mol. The first-order valence-electron chi connectivity index (χ1n) is 11.7. The molecule has 0 aliphatic carbocycles. The predicted octanol–water partition coefficient (Wildman–Crippen LogP) is 5.24. The maximum Gasteiger partial charge on any atom is 0.257 e. The van der Waals surface area contributed by atoms with Crippen molar-refractivity contribution in [2.45, 2.75) is 70.2 Å². The van der Waals surface area contributed by atoms with Gasteiger partial charge in [-0.1, -0.05) is 39.5 Å². The van der Waals surface area contributed by atoms with Crippen LogP contribution >= 0.6 is 12.2 Å². The highest BCUT2D eigenvalue weighted by Crippen LogP contribution is 2.16. The standard InChI is InChI=1S/C25H35N3O4S2/c1-4-6-7-8-9-18-32-22-14-10-20(11-15-22)24(29)27-25(33)26-21-12-16-23(17-13-21)34(30,31)28-19(3)5-2/h10-17,19,28H,4-9,18H2,1-3H3,(H2,26,27,29,33). The molecule has 2 rings (SSSR count). The molecule has 2 aromatic carbocycles. The van der Waals surface area contributed by atoms with E-state index in [0.29, 0.717) is 24.3 Å². The van der Waals surface area contributed by atoms with Gasteiger partial charge in [-0.15, -0.1) is 0 Å². The first-order valence-corrected chi connectivity index (χ1v) is 13.6. The van der Waals surface area contributed by atoms with Gasteiger partial charge < -0.3 is 10.1 Å². The number of hydrogen-bond acceptors (Lipinski definition) is 5. The summed E-state index contributed by atoms with van der Waals surface area (Å²) < 4.78 is 33.0. The molecule has 186 valence electrons. The van der Waals surface area contributed by atoms with Gasteiger partial charge in [-0.3, -0.25) is 10.1 Å². The van der Waals surface area contributed by atoms with E-state index in [0.717, 1.165) is 18.6 Å². The number of amides is 1. The molecule has 3 N–H and O–H groups in total. The molecule has 0 spiro atoms. The molecule has 0 bridgehead atoms. The maximum atomic E-state index is 12.5. The zero-order chi connectivity index (χ0) is 25.0. The smallest absolute Gasteiger partial charge is 0.257 e. The Morgan fingerprint density at radius 2 is 1.62 bits per heavy atom. The van der Waals surface area contributed by atoms with Crippen molar-refractivity contribution in [2.75, 3.05) is 11.9 Å². The molecule has 0 saturated heterocycles. The number of rotatable bonds is 13.